The summed E-state index contributed by atoms with van der Waals surface area (Å²) in [6.45, 7) is 4.86. The second-order valence-corrected chi connectivity index (χ2v) is 9.87. The van der Waals surface area contributed by atoms with Crippen molar-refractivity contribution in [3.05, 3.63) is 4.91 Å². The Morgan fingerprint density at radius 2 is 1.68 bits per heavy atom. The first-order chi connectivity index (χ1) is 10.4. The van der Waals surface area contributed by atoms with E-state index in [9.17, 15) is 4.91 Å². The zero-order valence-electron chi connectivity index (χ0n) is 14.1. The molecule has 0 bridgehead atoms. The second kappa shape index (κ2) is 4.94. The van der Waals surface area contributed by atoms with Gasteiger partial charge in [-0.1, -0.05) is 38.3 Å². The summed E-state index contributed by atoms with van der Waals surface area (Å²) in [5.74, 6) is 3.25. The highest BCUT2D eigenvalue weighted by Gasteiger charge is 2.65. The number of hydrogen-bond acceptors (Lipinski definition) is 2. The van der Waals surface area contributed by atoms with Crippen molar-refractivity contribution in [2.75, 3.05) is 0 Å². The highest BCUT2D eigenvalue weighted by molar-refractivity contribution is 6.24. The van der Waals surface area contributed by atoms with Gasteiger partial charge in [0.25, 0.3) is 0 Å². The van der Waals surface area contributed by atoms with E-state index in [4.69, 9.17) is 11.6 Å². The maximum absolute atomic E-state index is 11.5. The average molecular weight is 324 g/mol. The van der Waals surface area contributed by atoms with Crippen LogP contribution in [0.3, 0.4) is 0 Å². The summed E-state index contributed by atoms with van der Waals surface area (Å²) in [6.07, 6.45) is 12.8. The molecule has 0 unspecified atom stereocenters. The molecule has 4 saturated carbocycles. The van der Waals surface area contributed by atoms with E-state index in [0.29, 0.717) is 11.3 Å². The van der Waals surface area contributed by atoms with Gasteiger partial charge in [0.2, 0.25) is 0 Å². The molecule has 0 radical (unpaired) electrons. The molecule has 3 heteroatoms. The molecular formula is C19H30ClNO. The van der Waals surface area contributed by atoms with Crippen molar-refractivity contribution in [1.29, 1.82) is 0 Å². The Bertz CT molecular complexity index is 482. The summed E-state index contributed by atoms with van der Waals surface area (Å²) in [5.41, 5.74) is 0.504. The highest BCUT2D eigenvalue weighted by atomic mass is 35.5. The lowest BCUT2D eigenvalue weighted by Crippen LogP contribution is -2.54. The first kappa shape index (κ1) is 15.4. The van der Waals surface area contributed by atoms with E-state index < -0.39 is 5.00 Å². The van der Waals surface area contributed by atoms with E-state index in [1.165, 1.54) is 44.9 Å². The Balaban J connectivity index is 1.66. The minimum Gasteiger partial charge on any atom is -0.149 e. The molecule has 124 valence electrons. The maximum atomic E-state index is 11.5. The van der Waals surface area contributed by atoms with Crippen molar-refractivity contribution in [1.82, 2.24) is 0 Å². The molecular weight excluding hydrogens is 294 g/mol. The first-order valence-corrected chi connectivity index (χ1v) is 9.86. The predicted molar refractivity (Wildman–Crippen MR) is 90.7 cm³/mol. The maximum Gasteiger partial charge on any atom is 0.181 e. The largest absolute Gasteiger partial charge is 0.181 e. The van der Waals surface area contributed by atoms with Crippen LogP contribution in [0, 0.1) is 39.4 Å². The van der Waals surface area contributed by atoms with Crippen LogP contribution in [-0.4, -0.2) is 5.00 Å². The van der Waals surface area contributed by atoms with Crippen molar-refractivity contribution >= 4 is 11.6 Å². The van der Waals surface area contributed by atoms with Gasteiger partial charge in [-0.3, -0.25) is 0 Å². The number of nitroso groups, excluding NO2 is 1. The van der Waals surface area contributed by atoms with Crippen LogP contribution in [0.1, 0.15) is 78.1 Å². The fourth-order valence-electron chi connectivity index (χ4n) is 7.41. The van der Waals surface area contributed by atoms with Gasteiger partial charge in [0.15, 0.2) is 5.00 Å². The molecule has 0 aliphatic heterocycles. The third-order valence-corrected chi connectivity index (χ3v) is 9.47. The van der Waals surface area contributed by atoms with Crippen LogP contribution in [0.5, 0.6) is 0 Å². The van der Waals surface area contributed by atoms with Crippen molar-refractivity contribution in [3.8, 4) is 0 Å². The third kappa shape index (κ3) is 1.79. The lowest BCUT2D eigenvalue weighted by atomic mass is 9.45. The van der Waals surface area contributed by atoms with Crippen LogP contribution in [0.2, 0.25) is 0 Å². The number of hydrogen-bond donors (Lipinski definition) is 0. The molecule has 0 aromatic rings. The number of rotatable bonds is 1. The molecule has 0 aromatic heterocycles. The molecule has 0 N–H and O–H groups in total. The number of nitrogens with zero attached hydrogens (tertiary/aromatic N) is 1. The summed E-state index contributed by atoms with van der Waals surface area (Å²) in [7, 11) is 0. The molecule has 4 aliphatic rings. The van der Waals surface area contributed by atoms with E-state index in [1.54, 1.807) is 0 Å². The van der Waals surface area contributed by atoms with E-state index in [-0.39, 0.29) is 5.41 Å². The molecule has 0 spiro atoms. The molecule has 0 saturated heterocycles. The Morgan fingerprint density at radius 1 is 0.909 bits per heavy atom. The van der Waals surface area contributed by atoms with E-state index >= 15 is 0 Å². The zero-order valence-corrected chi connectivity index (χ0v) is 14.9. The van der Waals surface area contributed by atoms with Crippen LogP contribution < -0.4 is 0 Å². The second-order valence-electron chi connectivity index (χ2n) is 9.25. The van der Waals surface area contributed by atoms with Gasteiger partial charge < -0.3 is 0 Å². The standard InChI is InChI=1S/C19H30ClNO/c1-17-10-4-3-5-13(17)6-7-14-15(17)8-11-18(2)16(14)9-12-19(18,20)21-22/h13-16H,3-12H2,1-2H3/t13-,14-,15+,16-,17+,18+,19+/m1/s1. The lowest BCUT2D eigenvalue weighted by molar-refractivity contribution is -0.107. The van der Waals surface area contributed by atoms with Gasteiger partial charge in [-0.2, -0.15) is 0 Å². The van der Waals surface area contributed by atoms with E-state index in [2.05, 4.69) is 19.0 Å². The van der Waals surface area contributed by atoms with Crippen LogP contribution in [-0.2, 0) is 0 Å². The molecule has 22 heavy (non-hydrogen) atoms. The Hall–Kier alpha value is -0.110. The fraction of sp³-hybridized carbons (Fsp3) is 1.00. The van der Waals surface area contributed by atoms with Gasteiger partial charge in [0.1, 0.15) is 0 Å². The van der Waals surface area contributed by atoms with E-state index in [0.717, 1.165) is 37.0 Å². The van der Waals surface area contributed by atoms with Crippen molar-refractivity contribution in [3.63, 3.8) is 0 Å². The third-order valence-electron chi connectivity index (χ3n) is 8.78. The smallest absolute Gasteiger partial charge is 0.149 e. The molecule has 4 fully saturated rings. The monoisotopic (exact) mass is 323 g/mol. The molecule has 2 nitrogen and oxygen atoms in total. The molecule has 4 aliphatic carbocycles. The summed E-state index contributed by atoms with van der Waals surface area (Å²) >= 11 is 6.69. The van der Waals surface area contributed by atoms with Crippen LogP contribution in [0.25, 0.3) is 0 Å². The Morgan fingerprint density at radius 3 is 2.45 bits per heavy atom. The Kier molecular flexibility index (Phi) is 3.46. The van der Waals surface area contributed by atoms with Gasteiger partial charge in [-0.05, 0) is 85.6 Å². The summed E-state index contributed by atoms with van der Waals surface area (Å²) in [5, 5.41) is 3.43. The average Bonchev–Trinajstić information content (AvgIpc) is 2.79. The number of alkyl halides is 1. The van der Waals surface area contributed by atoms with Crippen LogP contribution >= 0.6 is 11.6 Å². The topological polar surface area (TPSA) is 29.4 Å². The van der Waals surface area contributed by atoms with Crippen LogP contribution in [0.15, 0.2) is 5.18 Å². The molecule has 4 rings (SSSR count). The van der Waals surface area contributed by atoms with Crippen molar-refractivity contribution in [2.45, 2.75) is 83.1 Å². The summed E-state index contributed by atoms with van der Waals surface area (Å²) in [4.78, 5) is 10.6. The SMILES string of the molecule is C[C@]12CCCC[C@@H]1CC[C@H]1[C@H]3CC[C@](Cl)(N=O)[C@@]3(C)CC[C@@H]12. The van der Waals surface area contributed by atoms with Gasteiger partial charge >= 0.3 is 0 Å². The predicted octanol–water partition coefficient (Wildman–Crippen LogP) is 6.12. The zero-order chi connectivity index (χ0) is 15.6. The lowest BCUT2D eigenvalue weighted by Gasteiger charge is -2.60. The quantitative estimate of drug-likeness (QED) is 0.324. The van der Waals surface area contributed by atoms with Gasteiger partial charge in [0, 0.05) is 5.41 Å². The highest BCUT2D eigenvalue weighted by Crippen LogP contribution is 2.69. The van der Waals surface area contributed by atoms with Gasteiger partial charge in [-0.25, -0.2) is 0 Å². The molecule has 0 heterocycles. The molecule has 0 aromatic carbocycles. The fourth-order valence-corrected chi connectivity index (χ4v) is 7.75. The Labute approximate surface area is 139 Å². The van der Waals surface area contributed by atoms with Crippen LogP contribution in [0.4, 0.5) is 0 Å². The summed E-state index contributed by atoms with van der Waals surface area (Å²) in [6, 6.07) is 0. The molecule has 7 atom stereocenters. The van der Waals surface area contributed by atoms with Crippen molar-refractivity contribution in [2.24, 2.45) is 39.7 Å². The van der Waals surface area contributed by atoms with E-state index in [1.807, 2.05) is 0 Å². The number of halogens is 1. The van der Waals surface area contributed by atoms with Gasteiger partial charge in [0.05, 0.1) is 0 Å². The normalized spacial score (nSPS) is 57.6. The van der Waals surface area contributed by atoms with Gasteiger partial charge in [-0.15, -0.1) is 4.91 Å². The minimum atomic E-state index is -0.826. The summed E-state index contributed by atoms with van der Waals surface area (Å²) < 4.78 is 0. The molecule has 0 amide bonds. The first-order valence-electron chi connectivity index (χ1n) is 9.48. The number of fused-ring (bicyclic) bond motifs is 5. The van der Waals surface area contributed by atoms with Crippen molar-refractivity contribution < 1.29 is 0 Å². The minimum absolute atomic E-state index is 0.0602.